The number of nitrogens with two attached hydrogens (primary N) is 1. The summed E-state index contributed by atoms with van der Waals surface area (Å²) in [5, 5.41) is 117. The maximum absolute atomic E-state index is 13.0. The second-order valence-electron chi connectivity index (χ2n) is 14.8. The van der Waals surface area contributed by atoms with Gasteiger partial charge < -0.3 is 95.6 Å². The van der Waals surface area contributed by atoms with Gasteiger partial charge in [-0.1, -0.05) is 13.8 Å². The summed E-state index contributed by atoms with van der Waals surface area (Å²) in [6.07, 6.45) is -27.1. The minimum Gasteiger partial charge on any atom is -0.480 e. The Morgan fingerprint density at radius 1 is 0.879 bits per heavy atom. The van der Waals surface area contributed by atoms with Crippen molar-refractivity contribution >= 4 is 17.8 Å². The molecule has 0 aromatic carbocycles. The average molecular weight is 849 g/mol. The van der Waals surface area contributed by atoms with E-state index in [1.165, 1.54) is 0 Å². The molecule has 1 amide bonds. The van der Waals surface area contributed by atoms with Crippen molar-refractivity contribution in [3.63, 3.8) is 0 Å². The number of carboxylic acid groups (broad SMARTS) is 2. The first-order valence-corrected chi connectivity index (χ1v) is 18.2. The van der Waals surface area contributed by atoms with Crippen molar-refractivity contribution in [2.24, 2.45) is 11.7 Å². The van der Waals surface area contributed by atoms with Crippen molar-refractivity contribution < 1.29 is 108 Å². The third-order valence-electron chi connectivity index (χ3n) is 9.98. The lowest BCUT2D eigenvalue weighted by molar-refractivity contribution is -0.607. The summed E-state index contributed by atoms with van der Waals surface area (Å²) in [5.41, 5.74) is 5.93. The SMILES string of the molecule is CC(C)CC(NC(=O)C(N)COC1OC(CO)C(O)C(OC2OC(CO)C(O)C(OC3(C(=O)O)CC(O)C([N+](C)=O)C(C(O)C(O)CO)O3)C2O)C1[N+](C)=O)C(=O)O. The molecule has 3 heterocycles. The van der Waals surface area contributed by atoms with Crippen LogP contribution in [0.15, 0.2) is 0 Å². The monoisotopic (exact) mass is 848 g/mol. The van der Waals surface area contributed by atoms with Crippen molar-refractivity contribution in [3.05, 3.63) is 9.81 Å². The van der Waals surface area contributed by atoms with Crippen LogP contribution in [0.4, 0.5) is 0 Å². The number of ether oxygens (including phenoxy) is 6. The Kier molecular flexibility index (Phi) is 17.8. The molecule has 3 aliphatic rings. The summed E-state index contributed by atoms with van der Waals surface area (Å²) in [6, 6.07) is -6.34. The molecule has 0 bridgehead atoms. The van der Waals surface area contributed by atoms with Crippen molar-refractivity contribution in [1.82, 2.24) is 5.32 Å². The van der Waals surface area contributed by atoms with E-state index in [1.807, 2.05) is 0 Å². The third-order valence-corrected chi connectivity index (χ3v) is 9.98. The molecule has 58 heavy (non-hydrogen) atoms. The van der Waals surface area contributed by atoms with E-state index >= 15 is 0 Å². The van der Waals surface area contributed by atoms with E-state index in [0.717, 1.165) is 14.1 Å². The highest BCUT2D eigenvalue weighted by Gasteiger charge is 2.63. The summed E-state index contributed by atoms with van der Waals surface area (Å²) in [6.45, 7) is -0.351. The van der Waals surface area contributed by atoms with E-state index in [9.17, 15) is 80.4 Å². The molecule has 18 atom stereocenters. The fourth-order valence-electron chi connectivity index (χ4n) is 6.92. The predicted molar refractivity (Wildman–Crippen MR) is 184 cm³/mol. The van der Waals surface area contributed by atoms with Crippen LogP contribution in [-0.4, -0.2) is 234 Å². The molecular formula is C32H56N4O22+2. The molecule has 18 unspecified atom stereocenters. The molecule has 0 saturated carbocycles. The number of rotatable bonds is 20. The molecule has 26 nitrogen and oxygen atoms in total. The lowest BCUT2D eigenvalue weighted by Crippen LogP contribution is -2.70. The minimum atomic E-state index is -3.14. The van der Waals surface area contributed by atoms with E-state index < -0.39 is 160 Å². The number of hydrogen-bond donors (Lipinski definition) is 13. The van der Waals surface area contributed by atoms with Gasteiger partial charge in [0.2, 0.25) is 12.2 Å². The lowest BCUT2D eigenvalue weighted by Gasteiger charge is -2.49. The van der Waals surface area contributed by atoms with Crippen molar-refractivity contribution in [2.75, 3.05) is 40.5 Å². The minimum absolute atomic E-state index is 0.0673. The standard InChI is InChI=1S/C32H54N4O22/c1-11(2)5-13(28(47)48)34-27(46)12(33)10-53-29-19(36(4)52)24(21(43)16(8-38)54-29)56-30-23(45)26(22(44)17(9-39)55-30)58-32(31(49)50)6-14(40)18(35(3)51)25(57-32)20(42)15(41)7-37/h11-26,29-30,37-45H,5-10,33H2,1-4H3,(H-2,34,46,47,48,49,50)/p+2. The number of aliphatic carboxylic acids is 2. The number of amides is 1. The van der Waals surface area contributed by atoms with Crippen LogP contribution in [0, 0.1) is 15.7 Å². The van der Waals surface area contributed by atoms with Crippen molar-refractivity contribution in [3.8, 4) is 0 Å². The molecule has 0 aromatic rings. The molecule has 3 saturated heterocycles. The molecular weight excluding hydrogens is 792 g/mol. The van der Waals surface area contributed by atoms with Crippen LogP contribution in [0.1, 0.15) is 26.7 Å². The first-order chi connectivity index (χ1) is 27.0. The van der Waals surface area contributed by atoms with Crippen LogP contribution in [-0.2, 0) is 42.8 Å². The zero-order chi connectivity index (χ0) is 44.0. The normalized spacial score (nSPS) is 37.7. The van der Waals surface area contributed by atoms with Gasteiger partial charge in [-0.25, -0.2) is 9.59 Å². The number of likely N-dealkylation sites (N-methyl/N-ethyl adjacent to an activating group) is 2. The van der Waals surface area contributed by atoms with Crippen LogP contribution < -0.4 is 11.1 Å². The van der Waals surface area contributed by atoms with Gasteiger partial charge in [-0.2, -0.15) is 0 Å². The number of nitroso groups, excluding NO2 is 2. The van der Waals surface area contributed by atoms with Gasteiger partial charge in [0.05, 0.1) is 26.4 Å². The van der Waals surface area contributed by atoms with Gasteiger partial charge in [0, 0.05) is 25.8 Å². The van der Waals surface area contributed by atoms with E-state index in [0.29, 0.717) is 0 Å². The molecule has 0 radical (unpaired) electrons. The van der Waals surface area contributed by atoms with Crippen LogP contribution in [0.2, 0.25) is 0 Å². The van der Waals surface area contributed by atoms with Crippen LogP contribution >= 0.6 is 0 Å². The third kappa shape index (κ3) is 11.2. The van der Waals surface area contributed by atoms with Crippen molar-refractivity contribution in [2.45, 2.75) is 136 Å². The molecule has 26 heteroatoms. The number of aliphatic hydroxyl groups is 9. The first-order valence-electron chi connectivity index (χ1n) is 18.2. The average Bonchev–Trinajstić information content (AvgIpc) is 3.15. The maximum atomic E-state index is 13.0. The van der Waals surface area contributed by atoms with Gasteiger partial charge in [0.15, 0.2) is 32.6 Å². The number of carboxylic acids is 2. The summed E-state index contributed by atoms with van der Waals surface area (Å²) in [7, 11) is 1.82. The number of aliphatic hydroxyl groups excluding tert-OH is 9. The zero-order valence-corrected chi connectivity index (χ0v) is 32.0. The summed E-state index contributed by atoms with van der Waals surface area (Å²) in [4.78, 5) is 62.5. The molecule has 334 valence electrons. The fraction of sp³-hybridized carbons (Fsp3) is 0.906. The molecule has 3 fully saturated rings. The number of carbonyl (C=O) groups excluding carboxylic acids is 1. The Labute approximate surface area is 330 Å². The number of carbonyl (C=O) groups is 3. The van der Waals surface area contributed by atoms with Crippen LogP contribution in [0.5, 0.6) is 0 Å². The van der Waals surface area contributed by atoms with Gasteiger partial charge in [0.25, 0.3) is 17.9 Å². The van der Waals surface area contributed by atoms with E-state index in [4.69, 9.17) is 34.2 Å². The molecule has 0 aliphatic carbocycles. The highest BCUT2D eigenvalue weighted by molar-refractivity contribution is 5.86. The number of hydrogen-bond acceptors (Lipinski definition) is 21. The quantitative estimate of drug-likeness (QED) is 0.0506. The Hall–Kier alpha value is -3.03. The highest BCUT2D eigenvalue weighted by Crippen LogP contribution is 2.39. The summed E-state index contributed by atoms with van der Waals surface area (Å²) in [5.74, 6) is -7.57. The van der Waals surface area contributed by atoms with E-state index in [-0.39, 0.29) is 21.9 Å². The van der Waals surface area contributed by atoms with Gasteiger partial charge in [-0.15, -0.1) is 0 Å². The molecule has 3 aliphatic heterocycles. The Bertz CT molecular complexity index is 1430. The summed E-state index contributed by atoms with van der Waals surface area (Å²) < 4.78 is 33.9. The second-order valence-corrected chi connectivity index (χ2v) is 14.8. The predicted octanol–water partition coefficient (Wildman–Crippen LogP) is -7.57. The fourth-order valence-corrected chi connectivity index (χ4v) is 6.92. The number of nitrogens with zero attached hydrogens (tertiary/aromatic N) is 2. The Balaban J connectivity index is 1.93. The first kappa shape index (κ1) is 49.3. The number of nitrogens with one attached hydrogen (secondary N) is 1. The van der Waals surface area contributed by atoms with Gasteiger partial charge in [-0.3, -0.25) is 4.79 Å². The molecule has 14 N–H and O–H groups in total. The Morgan fingerprint density at radius 3 is 1.91 bits per heavy atom. The van der Waals surface area contributed by atoms with E-state index in [2.05, 4.69) is 5.32 Å². The molecule has 3 rings (SSSR count). The topological polar surface area (TPSA) is 407 Å². The largest absolute Gasteiger partial charge is 0.480 e. The van der Waals surface area contributed by atoms with Gasteiger partial charge in [0.1, 0.15) is 67.0 Å². The highest BCUT2D eigenvalue weighted by atomic mass is 16.8. The smallest absolute Gasteiger partial charge is 0.364 e. The molecule has 0 aromatic heterocycles. The maximum Gasteiger partial charge on any atom is 0.364 e. The van der Waals surface area contributed by atoms with Crippen LogP contribution in [0.3, 0.4) is 0 Å². The van der Waals surface area contributed by atoms with Gasteiger partial charge >= 0.3 is 11.9 Å². The molecule has 0 spiro atoms. The second kappa shape index (κ2) is 21.0. The lowest BCUT2D eigenvalue weighted by atomic mass is 9.88. The van der Waals surface area contributed by atoms with Crippen molar-refractivity contribution in [1.29, 1.82) is 0 Å². The van der Waals surface area contributed by atoms with E-state index in [1.54, 1.807) is 13.8 Å². The van der Waals surface area contributed by atoms with Gasteiger partial charge in [-0.05, 0) is 12.3 Å². The summed E-state index contributed by atoms with van der Waals surface area (Å²) >= 11 is 0. The zero-order valence-electron chi connectivity index (χ0n) is 32.0. The van der Waals surface area contributed by atoms with Crippen LogP contribution in [0.25, 0.3) is 0 Å². The Morgan fingerprint density at radius 2 is 1.43 bits per heavy atom.